The first kappa shape index (κ1) is 18.8. The van der Waals surface area contributed by atoms with E-state index >= 15 is 0 Å². The molecule has 0 fully saturated rings. The lowest BCUT2D eigenvalue weighted by molar-refractivity contribution is -0.122. The second-order valence-electron chi connectivity index (χ2n) is 5.46. The highest BCUT2D eigenvalue weighted by Gasteiger charge is 2.16. The van der Waals surface area contributed by atoms with E-state index in [9.17, 15) is 9.59 Å². The number of ether oxygens (including phenoxy) is 2. The van der Waals surface area contributed by atoms with Crippen LogP contribution in [0.5, 0.6) is 5.75 Å². The highest BCUT2D eigenvalue weighted by Crippen LogP contribution is 2.19. The van der Waals surface area contributed by atoms with Crippen LogP contribution in [-0.4, -0.2) is 32.3 Å². The zero-order valence-corrected chi connectivity index (χ0v) is 14.7. The van der Waals surface area contributed by atoms with E-state index in [2.05, 4.69) is 10.1 Å². The Morgan fingerprint density at radius 2 is 1.88 bits per heavy atom. The number of nitrogens with zero attached hydrogens (tertiary/aromatic N) is 2. The highest BCUT2D eigenvalue weighted by molar-refractivity contribution is 5.94. The number of nitriles is 1. The summed E-state index contributed by atoms with van der Waals surface area (Å²) in [5, 5.41) is 11.6. The van der Waals surface area contributed by atoms with Crippen LogP contribution in [-0.2, 0) is 9.53 Å². The van der Waals surface area contributed by atoms with E-state index in [1.165, 1.54) is 12.0 Å². The average Bonchev–Trinajstić information content (AvgIpc) is 2.67. The number of methoxy groups -OCH3 is 1. The van der Waals surface area contributed by atoms with Gasteiger partial charge in [0.2, 0.25) is 0 Å². The molecule has 0 aromatic heterocycles. The number of amides is 2. The standard InChI is InChI=1S/C19H19N3O4/c1-13(26-17-6-4-5-14(11-17)12-20)18(23)21-15-7-9-16(10-8-15)22(2)19(24)25-3/h4-11,13H,1-3H3,(H,21,23). The molecule has 7 nitrogen and oxygen atoms in total. The van der Waals surface area contributed by atoms with Gasteiger partial charge in [-0.05, 0) is 49.4 Å². The first-order valence-electron chi connectivity index (χ1n) is 7.84. The highest BCUT2D eigenvalue weighted by atomic mass is 16.5. The molecule has 0 aliphatic rings. The van der Waals surface area contributed by atoms with Crippen molar-refractivity contribution in [2.45, 2.75) is 13.0 Å². The van der Waals surface area contributed by atoms with Gasteiger partial charge in [0.1, 0.15) is 5.75 Å². The van der Waals surface area contributed by atoms with Crippen molar-refractivity contribution in [3.8, 4) is 11.8 Å². The zero-order valence-electron chi connectivity index (χ0n) is 14.7. The van der Waals surface area contributed by atoms with Gasteiger partial charge in [0.05, 0.1) is 18.7 Å². The van der Waals surface area contributed by atoms with Gasteiger partial charge in [-0.3, -0.25) is 9.69 Å². The minimum absolute atomic E-state index is 0.332. The van der Waals surface area contributed by atoms with E-state index in [0.29, 0.717) is 22.7 Å². The summed E-state index contributed by atoms with van der Waals surface area (Å²) in [7, 11) is 2.89. The maximum atomic E-state index is 12.3. The Hall–Kier alpha value is -3.53. The van der Waals surface area contributed by atoms with Crippen molar-refractivity contribution < 1.29 is 19.1 Å². The van der Waals surface area contributed by atoms with Gasteiger partial charge in [0.15, 0.2) is 6.10 Å². The molecule has 1 N–H and O–H groups in total. The summed E-state index contributed by atoms with van der Waals surface area (Å²) in [5.41, 5.74) is 1.66. The number of carbonyl (C=O) groups is 2. The van der Waals surface area contributed by atoms with Gasteiger partial charge in [-0.2, -0.15) is 5.26 Å². The van der Waals surface area contributed by atoms with Crippen molar-refractivity contribution in [3.05, 3.63) is 54.1 Å². The summed E-state index contributed by atoms with van der Waals surface area (Å²) in [6.45, 7) is 1.62. The number of carbonyl (C=O) groups excluding carboxylic acids is 2. The molecule has 1 unspecified atom stereocenters. The van der Waals surface area contributed by atoms with E-state index < -0.39 is 12.2 Å². The van der Waals surface area contributed by atoms with Crippen molar-refractivity contribution in [2.24, 2.45) is 0 Å². The lowest BCUT2D eigenvalue weighted by Crippen LogP contribution is -2.30. The molecule has 2 rings (SSSR count). The third-order valence-electron chi connectivity index (χ3n) is 3.62. The van der Waals surface area contributed by atoms with Crippen molar-refractivity contribution in [1.82, 2.24) is 0 Å². The monoisotopic (exact) mass is 353 g/mol. The molecule has 26 heavy (non-hydrogen) atoms. The number of benzene rings is 2. The minimum atomic E-state index is -0.749. The molecule has 1 atom stereocenters. The van der Waals surface area contributed by atoms with E-state index in [0.717, 1.165) is 0 Å². The first-order chi connectivity index (χ1) is 12.4. The van der Waals surface area contributed by atoms with Crippen LogP contribution < -0.4 is 15.0 Å². The van der Waals surface area contributed by atoms with Crippen LogP contribution in [0.3, 0.4) is 0 Å². The van der Waals surface area contributed by atoms with Crippen LogP contribution in [0, 0.1) is 11.3 Å². The molecule has 0 bridgehead atoms. The van der Waals surface area contributed by atoms with Gasteiger partial charge in [-0.1, -0.05) is 6.07 Å². The predicted molar refractivity (Wildman–Crippen MR) is 97.1 cm³/mol. The van der Waals surface area contributed by atoms with Crippen LogP contribution in [0.15, 0.2) is 48.5 Å². The quantitative estimate of drug-likeness (QED) is 0.891. The molecule has 2 aromatic rings. The Balaban J connectivity index is 1.98. The second kappa shape index (κ2) is 8.53. The van der Waals surface area contributed by atoms with E-state index in [-0.39, 0.29) is 5.91 Å². The predicted octanol–water partition coefficient (Wildman–Crippen LogP) is 3.17. The van der Waals surface area contributed by atoms with E-state index in [4.69, 9.17) is 10.00 Å². The van der Waals surface area contributed by atoms with Crippen LogP contribution in [0.2, 0.25) is 0 Å². The van der Waals surface area contributed by atoms with Crippen molar-refractivity contribution in [1.29, 1.82) is 5.26 Å². The number of hydrogen-bond acceptors (Lipinski definition) is 5. The molecular formula is C19H19N3O4. The second-order valence-corrected chi connectivity index (χ2v) is 5.46. The number of rotatable bonds is 5. The molecular weight excluding hydrogens is 334 g/mol. The van der Waals surface area contributed by atoms with E-state index in [1.807, 2.05) is 6.07 Å². The zero-order chi connectivity index (χ0) is 19.1. The largest absolute Gasteiger partial charge is 0.481 e. The van der Waals surface area contributed by atoms with E-state index in [1.54, 1.807) is 62.5 Å². The van der Waals surface area contributed by atoms with Gasteiger partial charge in [0, 0.05) is 18.4 Å². The van der Waals surface area contributed by atoms with Crippen LogP contribution >= 0.6 is 0 Å². The molecule has 7 heteroatoms. The fraction of sp³-hybridized carbons (Fsp3) is 0.211. The fourth-order valence-corrected chi connectivity index (χ4v) is 2.15. The molecule has 0 aliphatic carbocycles. The fourth-order valence-electron chi connectivity index (χ4n) is 2.15. The Morgan fingerprint density at radius 3 is 2.50 bits per heavy atom. The molecule has 0 radical (unpaired) electrons. The topological polar surface area (TPSA) is 91.7 Å². The maximum absolute atomic E-state index is 12.3. The Kier molecular flexibility index (Phi) is 6.17. The molecule has 0 aliphatic heterocycles. The molecule has 2 aromatic carbocycles. The van der Waals surface area contributed by atoms with Gasteiger partial charge in [0.25, 0.3) is 5.91 Å². The third-order valence-corrected chi connectivity index (χ3v) is 3.62. The average molecular weight is 353 g/mol. The lowest BCUT2D eigenvalue weighted by Gasteiger charge is -2.17. The molecule has 134 valence electrons. The summed E-state index contributed by atoms with van der Waals surface area (Å²) in [6, 6.07) is 15.3. The SMILES string of the molecule is COC(=O)N(C)c1ccc(NC(=O)C(C)Oc2cccc(C#N)c2)cc1. The summed E-state index contributed by atoms with van der Waals surface area (Å²) in [6.07, 6.45) is -1.23. The van der Waals surface area contributed by atoms with Gasteiger partial charge in [-0.25, -0.2) is 4.79 Å². The minimum Gasteiger partial charge on any atom is -0.481 e. The van der Waals surface area contributed by atoms with Crippen LogP contribution in [0.25, 0.3) is 0 Å². The molecule has 2 amide bonds. The molecule has 0 saturated carbocycles. The number of nitrogens with one attached hydrogen (secondary N) is 1. The van der Waals surface area contributed by atoms with Crippen molar-refractivity contribution >= 4 is 23.4 Å². The first-order valence-corrected chi connectivity index (χ1v) is 7.84. The lowest BCUT2D eigenvalue weighted by atomic mass is 10.2. The summed E-state index contributed by atoms with van der Waals surface area (Å²) in [5.74, 6) is 0.114. The third kappa shape index (κ3) is 4.74. The van der Waals surface area contributed by atoms with Gasteiger partial charge < -0.3 is 14.8 Å². The Bertz CT molecular complexity index is 827. The summed E-state index contributed by atoms with van der Waals surface area (Å²) < 4.78 is 10.2. The van der Waals surface area contributed by atoms with Crippen molar-refractivity contribution in [3.63, 3.8) is 0 Å². The van der Waals surface area contributed by atoms with Gasteiger partial charge in [-0.15, -0.1) is 0 Å². The molecule has 0 spiro atoms. The van der Waals surface area contributed by atoms with Gasteiger partial charge >= 0.3 is 6.09 Å². The number of hydrogen-bond donors (Lipinski definition) is 1. The molecule has 0 saturated heterocycles. The molecule has 0 heterocycles. The Labute approximate surface area is 151 Å². The normalized spacial score (nSPS) is 11.0. The maximum Gasteiger partial charge on any atom is 0.413 e. The summed E-state index contributed by atoms with van der Waals surface area (Å²) >= 11 is 0. The smallest absolute Gasteiger partial charge is 0.413 e. The Morgan fingerprint density at radius 1 is 1.19 bits per heavy atom. The van der Waals surface area contributed by atoms with Crippen molar-refractivity contribution in [2.75, 3.05) is 24.4 Å². The van der Waals surface area contributed by atoms with Crippen LogP contribution in [0.4, 0.5) is 16.2 Å². The summed E-state index contributed by atoms with van der Waals surface area (Å²) in [4.78, 5) is 25.1. The number of anilines is 2. The van der Waals surface area contributed by atoms with Crippen LogP contribution in [0.1, 0.15) is 12.5 Å².